The number of benzene rings is 1. The first-order chi connectivity index (χ1) is 7.24. The summed E-state index contributed by atoms with van der Waals surface area (Å²) in [4.78, 5) is 0. The first-order valence-corrected chi connectivity index (χ1v) is 4.90. The molecule has 1 aromatic carbocycles. The zero-order valence-corrected chi connectivity index (χ0v) is 8.30. The molecule has 92 valence electrons. The van der Waals surface area contributed by atoms with Crippen LogP contribution in [0, 0.1) is 11.6 Å². The maximum Gasteiger partial charge on any atom is 0.394 e. The topological polar surface area (TPSA) is 98.7 Å². The number of hydrogen-bond acceptors (Lipinski definition) is 4. The van der Waals surface area contributed by atoms with Crippen LogP contribution in [-0.2, 0) is 10.4 Å². The lowest BCUT2D eigenvalue weighted by Gasteiger charge is -2.01. The summed E-state index contributed by atoms with van der Waals surface area (Å²) in [6.07, 6.45) is 0. The summed E-state index contributed by atoms with van der Waals surface area (Å²) in [5, 5.41) is 0. The third-order valence-electron chi connectivity index (χ3n) is 1.11. The highest BCUT2D eigenvalue weighted by Crippen LogP contribution is 2.13. The Hall–Kier alpha value is -1.36. The van der Waals surface area contributed by atoms with Gasteiger partial charge in [0.25, 0.3) is 0 Å². The van der Waals surface area contributed by atoms with E-state index in [0.717, 1.165) is 17.8 Å². The van der Waals surface area contributed by atoms with Gasteiger partial charge >= 0.3 is 10.4 Å². The minimum atomic E-state index is -4.67. The average Bonchev–Trinajstić information content (AvgIpc) is 2.07. The quantitative estimate of drug-likeness (QED) is 0.361. The molecule has 0 spiro atoms. The van der Waals surface area contributed by atoms with Gasteiger partial charge in [-0.15, -0.1) is 4.48 Å². The molecule has 0 atom stereocenters. The molecule has 16 heavy (non-hydrogen) atoms. The van der Waals surface area contributed by atoms with E-state index in [2.05, 4.69) is 0 Å². The second-order valence-electron chi connectivity index (χ2n) is 2.29. The van der Waals surface area contributed by atoms with Crippen LogP contribution in [0.1, 0.15) is 0 Å². The summed E-state index contributed by atoms with van der Waals surface area (Å²) in [5.74, 6) is -1.55. The van der Waals surface area contributed by atoms with Gasteiger partial charge < -0.3 is 0 Å². The van der Waals surface area contributed by atoms with E-state index in [9.17, 15) is 13.3 Å². The summed E-state index contributed by atoms with van der Waals surface area (Å²) in [6, 6.07) is 2.75. The number of halogens is 3. The summed E-state index contributed by atoms with van der Waals surface area (Å²) >= 11 is 0. The van der Waals surface area contributed by atoms with Crippen LogP contribution in [0.25, 0.3) is 0 Å². The van der Waals surface area contributed by atoms with Crippen LogP contribution in [0.2, 0.25) is 0 Å². The van der Waals surface area contributed by atoms with Gasteiger partial charge in [0.2, 0.25) is 0 Å². The monoisotopic (exact) mass is 260 g/mol. The molecular weight excluding hydrogens is 253 g/mol. The standard InChI is InChI=1S/C6H5F3N2.H2O4S/c7-4-1-2-6(10-11-9)5(8)3-4;1-5(2,3)4/h1-3,10-11H;(H2,1,2,3,4). The third kappa shape index (κ3) is 7.99. The summed E-state index contributed by atoms with van der Waals surface area (Å²) in [6.45, 7) is 0. The van der Waals surface area contributed by atoms with Crippen molar-refractivity contribution < 1.29 is 30.8 Å². The summed E-state index contributed by atoms with van der Waals surface area (Å²) < 4.78 is 67.7. The molecule has 10 heteroatoms. The SMILES string of the molecule is FNNc1ccc(F)cc1F.O=S(=O)(O)O. The zero-order valence-electron chi connectivity index (χ0n) is 7.49. The third-order valence-corrected chi connectivity index (χ3v) is 1.11. The van der Waals surface area contributed by atoms with Gasteiger partial charge in [-0.1, -0.05) is 5.65 Å². The van der Waals surface area contributed by atoms with Crippen molar-refractivity contribution in [3.63, 3.8) is 0 Å². The minimum absolute atomic E-state index is 0.145. The van der Waals surface area contributed by atoms with E-state index < -0.39 is 22.0 Å². The number of nitrogens with one attached hydrogen (secondary N) is 2. The fourth-order valence-electron chi connectivity index (χ4n) is 0.642. The molecule has 0 aliphatic heterocycles. The number of anilines is 1. The highest BCUT2D eigenvalue weighted by Gasteiger charge is 2.01. The van der Waals surface area contributed by atoms with Crippen molar-refractivity contribution in [2.75, 3.05) is 5.43 Å². The lowest BCUT2D eigenvalue weighted by atomic mass is 10.3. The molecule has 0 aliphatic rings. The zero-order chi connectivity index (χ0) is 12.8. The van der Waals surface area contributed by atoms with E-state index in [1.54, 1.807) is 0 Å². The van der Waals surface area contributed by atoms with Crippen LogP contribution in [0.15, 0.2) is 18.2 Å². The first-order valence-electron chi connectivity index (χ1n) is 3.50. The normalized spacial score (nSPS) is 10.3. The largest absolute Gasteiger partial charge is 0.394 e. The van der Waals surface area contributed by atoms with Crippen LogP contribution in [-0.4, -0.2) is 17.5 Å². The summed E-state index contributed by atoms with van der Waals surface area (Å²) in [5.41, 5.74) is 2.73. The van der Waals surface area contributed by atoms with Gasteiger partial charge in [-0.3, -0.25) is 14.5 Å². The van der Waals surface area contributed by atoms with Crippen molar-refractivity contribution in [3.05, 3.63) is 29.8 Å². The molecule has 0 radical (unpaired) electrons. The molecule has 0 aromatic heterocycles. The molecule has 0 unspecified atom stereocenters. The van der Waals surface area contributed by atoms with Gasteiger partial charge in [0.1, 0.15) is 5.82 Å². The second kappa shape index (κ2) is 6.27. The second-order valence-corrected chi connectivity index (χ2v) is 3.19. The van der Waals surface area contributed by atoms with Gasteiger partial charge in [0.05, 0.1) is 5.69 Å². The predicted octanol–water partition coefficient (Wildman–Crippen LogP) is 1.11. The van der Waals surface area contributed by atoms with E-state index in [1.165, 1.54) is 0 Å². The van der Waals surface area contributed by atoms with Gasteiger partial charge in [-0.25, -0.2) is 8.78 Å². The Morgan fingerprint density at radius 2 is 1.69 bits per heavy atom. The van der Waals surface area contributed by atoms with Crippen molar-refractivity contribution in [3.8, 4) is 0 Å². The maximum absolute atomic E-state index is 12.5. The van der Waals surface area contributed by atoms with Crippen LogP contribution in [0.5, 0.6) is 0 Å². The Kier molecular flexibility index (Phi) is 5.74. The molecule has 4 N–H and O–H groups in total. The van der Waals surface area contributed by atoms with Crippen LogP contribution >= 0.6 is 0 Å². The molecule has 0 bridgehead atoms. The van der Waals surface area contributed by atoms with Crippen molar-refractivity contribution in [1.29, 1.82) is 0 Å². The molecule has 0 heterocycles. The van der Waals surface area contributed by atoms with Crippen molar-refractivity contribution in [2.24, 2.45) is 0 Å². The highest BCUT2D eigenvalue weighted by molar-refractivity contribution is 7.79. The van der Waals surface area contributed by atoms with E-state index >= 15 is 0 Å². The molecule has 0 fully saturated rings. The predicted molar refractivity (Wildman–Crippen MR) is 48.4 cm³/mol. The van der Waals surface area contributed by atoms with Crippen LogP contribution in [0.3, 0.4) is 0 Å². The Bertz CT molecular complexity index is 431. The van der Waals surface area contributed by atoms with Gasteiger partial charge in [0, 0.05) is 6.07 Å². The molecule has 0 aliphatic carbocycles. The summed E-state index contributed by atoms with van der Waals surface area (Å²) in [7, 11) is -4.67. The fourth-order valence-corrected chi connectivity index (χ4v) is 0.642. The fraction of sp³-hybridized carbons (Fsp3) is 0. The molecule has 0 saturated carbocycles. The van der Waals surface area contributed by atoms with Gasteiger partial charge in [-0.05, 0) is 12.1 Å². The van der Waals surface area contributed by atoms with Crippen molar-refractivity contribution in [1.82, 2.24) is 5.65 Å². The van der Waals surface area contributed by atoms with Crippen LogP contribution < -0.4 is 11.1 Å². The minimum Gasteiger partial charge on any atom is -0.292 e. The maximum atomic E-state index is 12.5. The molecule has 1 rings (SSSR count). The lowest BCUT2D eigenvalue weighted by molar-refractivity contribution is 0.374. The van der Waals surface area contributed by atoms with E-state index in [-0.39, 0.29) is 5.69 Å². The van der Waals surface area contributed by atoms with E-state index in [1.807, 2.05) is 5.43 Å². The number of rotatable bonds is 2. The smallest absolute Gasteiger partial charge is 0.292 e. The van der Waals surface area contributed by atoms with Gasteiger partial charge in [0.15, 0.2) is 5.82 Å². The molecule has 6 nitrogen and oxygen atoms in total. The first kappa shape index (κ1) is 14.6. The highest BCUT2D eigenvalue weighted by atomic mass is 32.3. The lowest BCUT2D eigenvalue weighted by Crippen LogP contribution is -2.11. The van der Waals surface area contributed by atoms with Gasteiger partial charge in [-0.2, -0.15) is 8.42 Å². The number of hydrazine groups is 1. The van der Waals surface area contributed by atoms with E-state index in [4.69, 9.17) is 17.5 Å². The molecule has 1 aromatic rings. The molecule has 0 amide bonds. The van der Waals surface area contributed by atoms with Crippen LogP contribution in [0.4, 0.5) is 18.9 Å². The van der Waals surface area contributed by atoms with E-state index in [0.29, 0.717) is 6.07 Å². The van der Waals surface area contributed by atoms with Crippen molar-refractivity contribution >= 4 is 16.1 Å². The average molecular weight is 260 g/mol. The number of hydrogen-bond donors (Lipinski definition) is 4. The molecular formula is C6H7F3N2O4S. The van der Waals surface area contributed by atoms with Crippen molar-refractivity contribution in [2.45, 2.75) is 0 Å². The Labute approximate surface area is 88.6 Å². The Morgan fingerprint density at radius 3 is 2.06 bits per heavy atom. The Morgan fingerprint density at radius 1 is 1.19 bits per heavy atom. The molecule has 0 saturated heterocycles. The Balaban J connectivity index is 0.000000385.